The molecule has 13 nitrogen and oxygen atoms in total. The van der Waals surface area contributed by atoms with E-state index in [1.165, 1.54) is 25.7 Å². The number of aliphatic hydroxyl groups is 1. The molecular weight excluding hydrogens is 841 g/mol. The molecule has 342 valence electrons. The van der Waals surface area contributed by atoms with Crippen LogP contribution >= 0.6 is 0 Å². The van der Waals surface area contributed by atoms with E-state index in [0.29, 0.717) is 49.8 Å². The zero-order chi connectivity index (χ0) is 45.2. The van der Waals surface area contributed by atoms with E-state index in [9.17, 15) is 32.7 Å². The summed E-state index contributed by atoms with van der Waals surface area (Å²) in [6.45, 7) is 3.38. The first kappa shape index (κ1) is 44.6. The van der Waals surface area contributed by atoms with Crippen LogP contribution in [0.15, 0.2) is 89.8 Å². The third-order valence-corrected chi connectivity index (χ3v) is 16.5. The molecule has 65 heavy (non-hydrogen) atoms. The second-order valence-corrected chi connectivity index (χ2v) is 20.7. The minimum absolute atomic E-state index is 0.00382. The molecule has 0 spiro atoms. The van der Waals surface area contributed by atoms with Crippen molar-refractivity contribution < 1.29 is 32.7 Å². The van der Waals surface area contributed by atoms with Gasteiger partial charge in [0.15, 0.2) is 0 Å². The molecule has 4 amide bonds. The van der Waals surface area contributed by atoms with Crippen LogP contribution in [0.2, 0.25) is 0 Å². The van der Waals surface area contributed by atoms with E-state index >= 15 is 0 Å². The third kappa shape index (κ3) is 9.43. The monoisotopic (exact) mass is 900 g/mol. The van der Waals surface area contributed by atoms with Crippen molar-refractivity contribution in [3.63, 3.8) is 0 Å². The van der Waals surface area contributed by atoms with Gasteiger partial charge >= 0.3 is 0 Å². The Morgan fingerprint density at radius 1 is 0.846 bits per heavy atom. The quantitative estimate of drug-likeness (QED) is 0.0590. The number of sulfonamides is 1. The predicted molar refractivity (Wildman–Crippen MR) is 250 cm³/mol. The summed E-state index contributed by atoms with van der Waals surface area (Å²) >= 11 is 0. The number of aliphatic hydroxyl groups excluding tert-OH is 1. The molecule has 4 aromatic rings. The minimum Gasteiger partial charge on any atom is -0.394 e. The topological polar surface area (TPSA) is 177 Å². The lowest BCUT2D eigenvalue weighted by molar-refractivity contribution is -0.137. The van der Waals surface area contributed by atoms with Crippen molar-refractivity contribution in [1.29, 1.82) is 0 Å². The second-order valence-electron chi connectivity index (χ2n) is 18.8. The van der Waals surface area contributed by atoms with Gasteiger partial charge in [-0.15, -0.1) is 0 Å². The van der Waals surface area contributed by atoms with Crippen molar-refractivity contribution in [2.45, 2.75) is 114 Å². The maximum atomic E-state index is 14.0. The Morgan fingerprint density at radius 3 is 2.34 bits per heavy atom. The van der Waals surface area contributed by atoms with Crippen LogP contribution in [0.3, 0.4) is 0 Å². The van der Waals surface area contributed by atoms with Crippen LogP contribution in [-0.4, -0.2) is 78.1 Å². The molecule has 0 aromatic heterocycles. The third-order valence-electron chi connectivity index (χ3n) is 14.6. The first-order valence-corrected chi connectivity index (χ1v) is 24.9. The van der Waals surface area contributed by atoms with E-state index in [4.69, 9.17) is 0 Å². The number of hydrogen-bond donors (Lipinski definition) is 5. The lowest BCUT2D eigenvalue weighted by Gasteiger charge is -2.39. The number of anilines is 3. The van der Waals surface area contributed by atoms with Crippen molar-refractivity contribution in [1.82, 2.24) is 14.5 Å². The predicted octanol–water partition coefficient (Wildman–Crippen LogP) is 7.77. The molecule has 1 saturated carbocycles. The summed E-state index contributed by atoms with van der Waals surface area (Å²) in [5, 5.41) is 22.8. The summed E-state index contributed by atoms with van der Waals surface area (Å²) < 4.78 is 29.7. The molecule has 4 atom stereocenters. The van der Waals surface area contributed by atoms with E-state index in [0.717, 1.165) is 77.1 Å². The molecule has 4 aliphatic heterocycles. The number of fused-ring (bicyclic) bond motifs is 4. The Hall–Kier alpha value is -5.57. The number of hydrogen-bond acceptors (Lipinski definition) is 9. The number of carbonyl (C=O) groups is 4. The Balaban J connectivity index is 0.727. The maximum absolute atomic E-state index is 14.0. The summed E-state index contributed by atoms with van der Waals surface area (Å²) in [5.74, 6) is 0.379. The van der Waals surface area contributed by atoms with E-state index < -0.39 is 28.0 Å². The Bertz CT molecular complexity index is 2560. The molecule has 14 heteroatoms. The highest BCUT2D eigenvalue weighted by Gasteiger charge is 2.48. The average molecular weight is 901 g/mol. The molecule has 4 aromatic carbocycles. The molecule has 0 bridgehead atoms. The van der Waals surface area contributed by atoms with Crippen molar-refractivity contribution in [3.05, 3.63) is 107 Å². The zero-order valence-corrected chi connectivity index (χ0v) is 37.9. The second kappa shape index (κ2) is 19.1. The highest BCUT2D eigenvalue weighted by molar-refractivity contribution is 7.89. The molecule has 5 N–H and O–H groups in total. The van der Waals surface area contributed by atoms with E-state index in [2.05, 4.69) is 27.3 Å². The first-order valence-electron chi connectivity index (χ1n) is 23.5. The fourth-order valence-electron chi connectivity index (χ4n) is 11.0. The van der Waals surface area contributed by atoms with Gasteiger partial charge in [-0.05, 0) is 123 Å². The van der Waals surface area contributed by atoms with Gasteiger partial charge in [0, 0.05) is 66.6 Å². The van der Waals surface area contributed by atoms with Crippen LogP contribution in [0, 0.1) is 24.7 Å². The molecule has 1 unspecified atom stereocenters. The van der Waals surface area contributed by atoms with Gasteiger partial charge in [0.05, 0.1) is 23.6 Å². The Kier molecular flexibility index (Phi) is 13.1. The molecule has 0 radical (unpaired) electrons. The van der Waals surface area contributed by atoms with Crippen molar-refractivity contribution in [2.75, 3.05) is 35.6 Å². The number of aryl methyl sites for hydroxylation is 1. The average Bonchev–Trinajstić information content (AvgIpc) is 3.91. The molecular formula is C51H60N6O7S. The molecule has 3 fully saturated rings. The highest BCUT2D eigenvalue weighted by atomic mass is 32.2. The number of nitrogens with zero attached hydrogens (tertiary/aromatic N) is 2. The standard InChI is InChI=1S/C51H60N6O7S/c1-32-13-20-38(21-14-32)65(63,64)57-27-25-40-45(31-58)54-44-22-19-36(29-41(44)49(40)57)35-8-3-9-37(28-35)53-47(59)12-2-6-33-15-17-34(18-16-33)7-5-26-52-43-11-4-10-39-42(43)30-56(51(39)62)46-23-24-48(60)55-50(46)61/h3-4,8-11,13-14,19-22,28-29,33-34,40,45-46,49,52,54,58H,2,5-7,12,15-18,23-27,30-31H2,1H3,(H,53,59)(H,55,60,61)/t33?,34?,40-,45+,46?,49-/m1/s1. The van der Waals surface area contributed by atoms with Crippen molar-refractivity contribution >= 4 is 50.7 Å². The molecule has 5 aliphatic rings. The SMILES string of the molecule is Cc1ccc(S(=O)(=O)N2CC[C@@H]3[C@H](CO)Nc4ccc(-c5cccc(NC(=O)CCCC6CCC(CCCNc7cccc8c7CN(C7CCC(=O)NC7=O)C8=O)CC6)c5)cc4[C@@H]32)cc1. The number of nitrogens with one attached hydrogen (secondary N) is 4. The zero-order valence-electron chi connectivity index (χ0n) is 37.1. The number of amides is 4. The van der Waals surface area contributed by atoms with Gasteiger partial charge < -0.3 is 26.0 Å². The summed E-state index contributed by atoms with van der Waals surface area (Å²) in [4.78, 5) is 52.4. The lowest BCUT2D eigenvalue weighted by Crippen LogP contribution is -2.52. The van der Waals surface area contributed by atoms with E-state index in [1.807, 2.05) is 73.7 Å². The Morgan fingerprint density at radius 2 is 1.58 bits per heavy atom. The Labute approximate surface area is 381 Å². The van der Waals surface area contributed by atoms with Crippen molar-refractivity contribution in [2.24, 2.45) is 17.8 Å². The minimum atomic E-state index is -3.78. The maximum Gasteiger partial charge on any atom is 0.255 e. The fraction of sp³-hybridized carbons (Fsp3) is 0.451. The number of piperidine rings is 1. The van der Waals surface area contributed by atoms with Crippen molar-refractivity contribution in [3.8, 4) is 11.1 Å². The van der Waals surface area contributed by atoms with Gasteiger partial charge in [0.2, 0.25) is 27.7 Å². The van der Waals surface area contributed by atoms with E-state index in [-0.39, 0.29) is 47.6 Å². The number of imide groups is 1. The smallest absolute Gasteiger partial charge is 0.255 e. The fourth-order valence-corrected chi connectivity index (χ4v) is 12.7. The molecule has 4 heterocycles. The lowest BCUT2D eigenvalue weighted by atomic mass is 9.78. The largest absolute Gasteiger partial charge is 0.394 e. The summed E-state index contributed by atoms with van der Waals surface area (Å²) in [7, 11) is -3.78. The van der Waals surface area contributed by atoms with Crippen LogP contribution in [0.25, 0.3) is 11.1 Å². The molecule has 9 rings (SSSR count). The van der Waals surface area contributed by atoms with E-state index in [1.54, 1.807) is 21.3 Å². The summed E-state index contributed by atoms with van der Waals surface area (Å²) in [6, 6.07) is 25.2. The highest BCUT2D eigenvalue weighted by Crippen LogP contribution is 2.49. The van der Waals surface area contributed by atoms with Crippen LogP contribution < -0.4 is 21.3 Å². The van der Waals surface area contributed by atoms with Crippen LogP contribution in [0.5, 0.6) is 0 Å². The molecule has 2 saturated heterocycles. The number of benzene rings is 4. The summed E-state index contributed by atoms with van der Waals surface area (Å²) in [6.07, 6.45) is 10.5. The van der Waals surface area contributed by atoms with Crippen LogP contribution in [0.4, 0.5) is 17.1 Å². The van der Waals surface area contributed by atoms with Gasteiger partial charge in [0.25, 0.3) is 5.91 Å². The number of rotatable bonds is 15. The first-order chi connectivity index (χ1) is 31.5. The van der Waals surface area contributed by atoms with Gasteiger partial charge in [-0.2, -0.15) is 4.31 Å². The van der Waals surface area contributed by atoms with Gasteiger partial charge in [-0.1, -0.05) is 67.6 Å². The number of carbonyl (C=O) groups excluding carboxylic acids is 4. The molecule has 1 aliphatic carbocycles. The summed E-state index contributed by atoms with van der Waals surface area (Å²) in [5.41, 5.74) is 7.73. The van der Waals surface area contributed by atoms with Crippen LogP contribution in [0.1, 0.15) is 110 Å². The van der Waals surface area contributed by atoms with Gasteiger partial charge in [-0.3, -0.25) is 24.5 Å². The van der Waals surface area contributed by atoms with Gasteiger partial charge in [-0.25, -0.2) is 8.42 Å². The normalized spacial score (nSPS) is 24.2. The van der Waals surface area contributed by atoms with Gasteiger partial charge in [0.1, 0.15) is 6.04 Å². The van der Waals surface area contributed by atoms with Crippen LogP contribution in [-0.2, 0) is 31.0 Å².